The average molecular weight is 297 g/mol. The molecule has 2 aromatic rings. The van der Waals surface area contributed by atoms with Gasteiger partial charge in [0.05, 0.1) is 28.6 Å². The highest BCUT2D eigenvalue weighted by Gasteiger charge is 2.12. The number of benzene rings is 2. The van der Waals surface area contributed by atoms with Crippen molar-refractivity contribution in [2.75, 3.05) is 12.8 Å². The maximum atomic E-state index is 13.5. The number of nitrogens with two attached hydrogens (primary N) is 1. The van der Waals surface area contributed by atoms with E-state index in [1.54, 1.807) is 6.07 Å². The lowest BCUT2D eigenvalue weighted by molar-refractivity contribution is 0.386. The fourth-order valence-corrected chi connectivity index (χ4v) is 2.95. The maximum Gasteiger partial charge on any atom is 0.165 e. The summed E-state index contributed by atoms with van der Waals surface area (Å²) in [5, 5.41) is 0. The quantitative estimate of drug-likeness (QED) is 0.883. The van der Waals surface area contributed by atoms with Crippen LogP contribution in [0.1, 0.15) is 5.56 Å². The third-order valence-corrected chi connectivity index (χ3v) is 4.17. The lowest BCUT2D eigenvalue weighted by Gasteiger charge is -2.07. The van der Waals surface area contributed by atoms with Crippen molar-refractivity contribution in [3.05, 3.63) is 53.6 Å². The highest BCUT2D eigenvalue weighted by molar-refractivity contribution is 7.84. The number of halogens is 2. The van der Waals surface area contributed by atoms with E-state index in [1.165, 1.54) is 31.4 Å². The van der Waals surface area contributed by atoms with Crippen LogP contribution in [0.15, 0.2) is 41.3 Å². The van der Waals surface area contributed by atoms with Gasteiger partial charge in [-0.25, -0.2) is 8.78 Å². The molecule has 0 amide bonds. The van der Waals surface area contributed by atoms with Gasteiger partial charge in [-0.3, -0.25) is 4.21 Å². The molecular formula is C14H13F2NO2S. The van der Waals surface area contributed by atoms with Crippen LogP contribution in [0.4, 0.5) is 14.5 Å². The number of nitrogen functional groups attached to an aromatic ring is 1. The molecule has 0 aliphatic heterocycles. The highest BCUT2D eigenvalue weighted by atomic mass is 32.2. The van der Waals surface area contributed by atoms with Crippen LogP contribution in [0.5, 0.6) is 5.75 Å². The predicted octanol–water partition coefficient (Wildman–Crippen LogP) is 2.86. The number of ether oxygens (including phenoxy) is 1. The molecule has 2 aromatic carbocycles. The van der Waals surface area contributed by atoms with E-state index < -0.39 is 22.4 Å². The lowest BCUT2D eigenvalue weighted by atomic mass is 10.2. The van der Waals surface area contributed by atoms with Gasteiger partial charge in [-0.2, -0.15) is 0 Å². The summed E-state index contributed by atoms with van der Waals surface area (Å²) < 4.78 is 43.6. The summed E-state index contributed by atoms with van der Waals surface area (Å²) in [5.41, 5.74) is 6.43. The summed E-state index contributed by atoms with van der Waals surface area (Å²) >= 11 is 0. The van der Waals surface area contributed by atoms with Crippen molar-refractivity contribution in [1.82, 2.24) is 0 Å². The van der Waals surface area contributed by atoms with Crippen LogP contribution in [0.2, 0.25) is 0 Å². The molecule has 0 aromatic heterocycles. The standard InChI is InChI=1S/C14H13F2NO2S/c1-19-13-5-2-9(6-11(13)16)8-20(18)14-7-10(15)3-4-12(14)17/h2-7H,8,17H2,1H3. The SMILES string of the molecule is COc1ccc(CS(=O)c2cc(F)ccc2N)cc1F. The van der Waals surface area contributed by atoms with Crippen LogP contribution in [0.25, 0.3) is 0 Å². The Balaban J connectivity index is 2.23. The Bertz CT molecular complexity index is 662. The van der Waals surface area contributed by atoms with Gasteiger partial charge < -0.3 is 10.5 Å². The van der Waals surface area contributed by atoms with Gasteiger partial charge in [-0.1, -0.05) is 6.07 Å². The van der Waals surface area contributed by atoms with E-state index in [4.69, 9.17) is 10.5 Å². The summed E-state index contributed by atoms with van der Waals surface area (Å²) in [7, 11) is -0.181. The second-order valence-electron chi connectivity index (χ2n) is 4.14. The zero-order valence-corrected chi connectivity index (χ0v) is 11.5. The van der Waals surface area contributed by atoms with Gasteiger partial charge in [-0.05, 0) is 35.9 Å². The molecule has 1 atom stereocenters. The second-order valence-corrected chi connectivity index (χ2v) is 5.56. The molecule has 2 rings (SSSR count). The third-order valence-electron chi connectivity index (χ3n) is 2.73. The van der Waals surface area contributed by atoms with Crippen molar-refractivity contribution in [2.45, 2.75) is 10.6 Å². The molecule has 0 fully saturated rings. The Hall–Kier alpha value is -1.95. The first kappa shape index (κ1) is 14.5. The van der Waals surface area contributed by atoms with Crippen LogP contribution in [-0.4, -0.2) is 11.3 Å². The topological polar surface area (TPSA) is 52.3 Å². The third kappa shape index (κ3) is 3.14. The molecule has 106 valence electrons. The Labute approximate surface area is 117 Å². The van der Waals surface area contributed by atoms with Crippen molar-refractivity contribution in [3.8, 4) is 5.75 Å². The monoisotopic (exact) mass is 297 g/mol. The van der Waals surface area contributed by atoms with Gasteiger partial charge in [0.25, 0.3) is 0 Å². The van der Waals surface area contributed by atoms with Gasteiger partial charge >= 0.3 is 0 Å². The maximum absolute atomic E-state index is 13.5. The van der Waals surface area contributed by atoms with Crippen LogP contribution in [0.3, 0.4) is 0 Å². The molecule has 3 nitrogen and oxygen atoms in total. The lowest BCUT2D eigenvalue weighted by Crippen LogP contribution is -2.02. The van der Waals surface area contributed by atoms with E-state index in [0.29, 0.717) is 5.56 Å². The summed E-state index contributed by atoms with van der Waals surface area (Å²) in [5.74, 6) is -0.878. The van der Waals surface area contributed by atoms with Crippen molar-refractivity contribution in [1.29, 1.82) is 0 Å². The largest absolute Gasteiger partial charge is 0.494 e. The van der Waals surface area contributed by atoms with E-state index in [-0.39, 0.29) is 22.1 Å². The molecule has 0 spiro atoms. The van der Waals surface area contributed by atoms with Gasteiger partial charge in [0, 0.05) is 5.69 Å². The van der Waals surface area contributed by atoms with Crippen LogP contribution in [-0.2, 0) is 16.6 Å². The zero-order valence-electron chi connectivity index (χ0n) is 10.7. The summed E-state index contributed by atoms with van der Waals surface area (Å²) in [6.07, 6.45) is 0. The predicted molar refractivity (Wildman–Crippen MR) is 73.9 cm³/mol. The fraction of sp³-hybridized carbons (Fsp3) is 0.143. The van der Waals surface area contributed by atoms with E-state index in [9.17, 15) is 13.0 Å². The smallest absolute Gasteiger partial charge is 0.165 e. The minimum atomic E-state index is -1.55. The van der Waals surface area contributed by atoms with Gasteiger partial charge in [0.2, 0.25) is 0 Å². The first-order valence-electron chi connectivity index (χ1n) is 5.77. The number of rotatable bonds is 4. The Morgan fingerprint density at radius 2 is 1.95 bits per heavy atom. The van der Waals surface area contributed by atoms with Gasteiger partial charge in [0.1, 0.15) is 5.82 Å². The highest BCUT2D eigenvalue weighted by Crippen LogP contribution is 2.23. The van der Waals surface area contributed by atoms with Crippen LogP contribution in [0, 0.1) is 11.6 Å². The molecule has 0 saturated carbocycles. The van der Waals surface area contributed by atoms with Crippen molar-refractivity contribution < 1.29 is 17.7 Å². The summed E-state index contributed by atoms with van der Waals surface area (Å²) in [4.78, 5) is 0.209. The minimum Gasteiger partial charge on any atom is -0.494 e. The van der Waals surface area contributed by atoms with Crippen molar-refractivity contribution in [3.63, 3.8) is 0 Å². The van der Waals surface area contributed by atoms with Crippen LogP contribution >= 0.6 is 0 Å². The molecule has 2 N–H and O–H groups in total. The van der Waals surface area contributed by atoms with Crippen LogP contribution < -0.4 is 10.5 Å². The van der Waals surface area contributed by atoms with E-state index in [2.05, 4.69) is 0 Å². The fourth-order valence-electron chi connectivity index (χ4n) is 1.73. The molecule has 0 bridgehead atoms. The minimum absolute atomic E-state index is 0.0502. The summed E-state index contributed by atoms with van der Waals surface area (Å²) in [6, 6.07) is 7.99. The number of anilines is 1. The second kappa shape index (κ2) is 6.00. The molecule has 1 unspecified atom stereocenters. The van der Waals surface area contributed by atoms with Crippen molar-refractivity contribution >= 4 is 16.5 Å². The molecular weight excluding hydrogens is 284 g/mol. The molecule has 0 aliphatic rings. The first-order chi connectivity index (χ1) is 9.51. The zero-order chi connectivity index (χ0) is 14.7. The number of hydrogen-bond acceptors (Lipinski definition) is 3. The Morgan fingerprint density at radius 1 is 1.20 bits per heavy atom. The summed E-state index contributed by atoms with van der Waals surface area (Å²) in [6.45, 7) is 0. The van der Waals surface area contributed by atoms with Crippen molar-refractivity contribution in [2.24, 2.45) is 0 Å². The van der Waals surface area contributed by atoms with Gasteiger partial charge in [-0.15, -0.1) is 0 Å². The van der Waals surface area contributed by atoms with E-state index in [0.717, 1.165) is 6.07 Å². The average Bonchev–Trinajstić information content (AvgIpc) is 2.41. The molecule has 0 saturated heterocycles. The van der Waals surface area contributed by atoms with E-state index in [1.807, 2.05) is 0 Å². The molecule has 0 aliphatic carbocycles. The molecule has 0 heterocycles. The molecule has 0 radical (unpaired) electrons. The Kier molecular flexibility index (Phi) is 4.34. The molecule has 20 heavy (non-hydrogen) atoms. The Morgan fingerprint density at radius 3 is 2.60 bits per heavy atom. The molecule has 6 heteroatoms. The first-order valence-corrected chi connectivity index (χ1v) is 7.09. The van der Waals surface area contributed by atoms with E-state index >= 15 is 0 Å². The normalized spacial score (nSPS) is 12.2. The number of hydrogen-bond donors (Lipinski definition) is 1. The van der Waals surface area contributed by atoms with Gasteiger partial charge in [0.15, 0.2) is 11.6 Å². The number of methoxy groups -OCH3 is 1.